The molecule has 0 aliphatic heterocycles. The summed E-state index contributed by atoms with van der Waals surface area (Å²) in [5.41, 5.74) is 0.469. The van der Waals surface area contributed by atoms with Crippen LogP contribution < -0.4 is 10.6 Å². The molecule has 1 aliphatic carbocycles. The molecule has 1 aliphatic rings. The van der Waals surface area contributed by atoms with Crippen molar-refractivity contribution in [2.75, 3.05) is 13.6 Å². The molecule has 1 rings (SSSR count). The molecule has 0 aromatic carbocycles. The number of hydrogen-bond donors (Lipinski definition) is 2. The fraction of sp³-hybridized carbons (Fsp3) is 0.917. The van der Waals surface area contributed by atoms with Crippen molar-refractivity contribution in [2.45, 2.75) is 52.0 Å². The van der Waals surface area contributed by atoms with E-state index in [0.29, 0.717) is 11.8 Å². The van der Waals surface area contributed by atoms with Gasteiger partial charge in [0.15, 0.2) is 0 Å². The molecule has 3 nitrogen and oxygen atoms in total. The van der Waals surface area contributed by atoms with Gasteiger partial charge in [-0.3, -0.25) is 4.79 Å². The van der Waals surface area contributed by atoms with E-state index in [2.05, 4.69) is 24.5 Å². The summed E-state index contributed by atoms with van der Waals surface area (Å²) in [6.45, 7) is 5.47. The minimum atomic E-state index is 0.117. The summed E-state index contributed by atoms with van der Waals surface area (Å²) in [7, 11) is 1.69. The van der Waals surface area contributed by atoms with Gasteiger partial charge in [-0.05, 0) is 25.2 Å². The molecule has 3 heteroatoms. The molecule has 1 unspecified atom stereocenters. The summed E-state index contributed by atoms with van der Waals surface area (Å²) in [4.78, 5) is 11.1. The summed E-state index contributed by atoms with van der Waals surface area (Å²) < 4.78 is 0. The van der Waals surface area contributed by atoms with Crippen molar-refractivity contribution in [3.8, 4) is 0 Å². The number of rotatable bonds is 5. The Morgan fingerprint density at radius 1 is 1.40 bits per heavy atom. The fourth-order valence-corrected chi connectivity index (χ4v) is 2.28. The predicted molar refractivity (Wildman–Crippen MR) is 62.7 cm³/mol. The minimum absolute atomic E-state index is 0.117. The molecule has 0 aromatic heterocycles. The first-order valence-corrected chi connectivity index (χ1v) is 6.00. The second-order valence-electron chi connectivity index (χ2n) is 5.18. The van der Waals surface area contributed by atoms with Gasteiger partial charge in [-0.1, -0.05) is 19.8 Å². The SMILES string of the molecule is CNC(=O)CC(C)NCC1(C)CCCC1. The molecule has 0 aromatic rings. The van der Waals surface area contributed by atoms with Crippen molar-refractivity contribution in [1.29, 1.82) is 0 Å². The summed E-state index contributed by atoms with van der Waals surface area (Å²) in [5, 5.41) is 6.12. The highest BCUT2D eigenvalue weighted by molar-refractivity contribution is 5.76. The average Bonchev–Trinajstić information content (AvgIpc) is 2.63. The molecule has 15 heavy (non-hydrogen) atoms. The molecule has 88 valence electrons. The lowest BCUT2D eigenvalue weighted by molar-refractivity contribution is -0.121. The quantitative estimate of drug-likeness (QED) is 0.728. The van der Waals surface area contributed by atoms with Gasteiger partial charge in [-0.15, -0.1) is 0 Å². The van der Waals surface area contributed by atoms with Crippen molar-refractivity contribution in [2.24, 2.45) is 5.41 Å². The third-order valence-electron chi connectivity index (χ3n) is 3.46. The van der Waals surface area contributed by atoms with Gasteiger partial charge < -0.3 is 10.6 Å². The van der Waals surface area contributed by atoms with Crippen LogP contribution in [0.2, 0.25) is 0 Å². The summed E-state index contributed by atoms with van der Waals surface area (Å²) in [5.74, 6) is 0.117. The van der Waals surface area contributed by atoms with Gasteiger partial charge in [0.2, 0.25) is 5.91 Å². The Kier molecular flexibility index (Phi) is 4.58. The van der Waals surface area contributed by atoms with Crippen molar-refractivity contribution < 1.29 is 4.79 Å². The highest BCUT2D eigenvalue weighted by atomic mass is 16.1. The zero-order chi connectivity index (χ0) is 11.3. The number of hydrogen-bond acceptors (Lipinski definition) is 2. The van der Waals surface area contributed by atoms with E-state index in [9.17, 15) is 4.79 Å². The van der Waals surface area contributed by atoms with Crippen molar-refractivity contribution >= 4 is 5.91 Å². The molecule has 1 fully saturated rings. The zero-order valence-corrected chi connectivity index (χ0v) is 10.2. The van der Waals surface area contributed by atoms with Crippen LogP contribution in [0.3, 0.4) is 0 Å². The molecular weight excluding hydrogens is 188 g/mol. The molecule has 0 radical (unpaired) electrons. The van der Waals surface area contributed by atoms with E-state index >= 15 is 0 Å². The normalized spacial score (nSPS) is 21.3. The topological polar surface area (TPSA) is 41.1 Å². The molecule has 0 bridgehead atoms. The van der Waals surface area contributed by atoms with Gasteiger partial charge in [0.05, 0.1) is 0 Å². The maximum atomic E-state index is 11.1. The van der Waals surface area contributed by atoms with Crippen LogP contribution in [-0.4, -0.2) is 25.5 Å². The molecule has 0 spiro atoms. The van der Waals surface area contributed by atoms with E-state index in [1.165, 1.54) is 25.7 Å². The van der Waals surface area contributed by atoms with E-state index in [1.807, 2.05) is 0 Å². The Labute approximate surface area is 93.0 Å². The molecule has 0 saturated heterocycles. The monoisotopic (exact) mass is 212 g/mol. The molecule has 2 N–H and O–H groups in total. The summed E-state index contributed by atoms with van der Waals surface area (Å²) in [6.07, 6.45) is 5.95. The standard InChI is InChI=1S/C12H24N2O/c1-10(8-11(15)13-3)14-9-12(2)6-4-5-7-12/h10,14H,4-9H2,1-3H3,(H,13,15). The Hall–Kier alpha value is -0.570. The maximum absolute atomic E-state index is 11.1. The largest absolute Gasteiger partial charge is 0.359 e. The minimum Gasteiger partial charge on any atom is -0.359 e. The lowest BCUT2D eigenvalue weighted by Gasteiger charge is -2.26. The van der Waals surface area contributed by atoms with E-state index in [-0.39, 0.29) is 11.9 Å². The van der Waals surface area contributed by atoms with Crippen LogP contribution in [0.25, 0.3) is 0 Å². The first-order valence-electron chi connectivity index (χ1n) is 6.00. The van der Waals surface area contributed by atoms with Crippen LogP contribution in [-0.2, 0) is 4.79 Å². The van der Waals surface area contributed by atoms with Gasteiger partial charge >= 0.3 is 0 Å². The van der Waals surface area contributed by atoms with Crippen LogP contribution in [0.15, 0.2) is 0 Å². The smallest absolute Gasteiger partial charge is 0.221 e. The van der Waals surface area contributed by atoms with E-state index in [1.54, 1.807) is 7.05 Å². The number of amides is 1. The first kappa shape index (κ1) is 12.5. The van der Waals surface area contributed by atoms with Crippen LogP contribution in [0, 0.1) is 5.41 Å². The van der Waals surface area contributed by atoms with Gasteiger partial charge in [-0.2, -0.15) is 0 Å². The van der Waals surface area contributed by atoms with Crippen molar-refractivity contribution in [1.82, 2.24) is 10.6 Å². The van der Waals surface area contributed by atoms with Gasteiger partial charge in [0.25, 0.3) is 0 Å². The highest BCUT2D eigenvalue weighted by Crippen LogP contribution is 2.36. The predicted octanol–water partition coefficient (Wildman–Crippen LogP) is 1.68. The molecule has 0 heterocycles. The first-order chi connectivity index (χ1) is 7.06. The van der Waals surface area contributed by atoms with E-state index in [0.717, 1.165) is 6.54 Å². The van der Waals surface area contributed by atoms with E-state index < -0.39 is 0 Å². The van der Waals surface area contributed by atoms with Gasteiger partial charge in [-0.25, -0.2) is 0 Å². The molecular formula is C12H24N2O. The number of nitrogens with one attached hydrogen (secondary N) is 2. The van der Waals surface area contributed by atoms with Gasteiger partial charge in [0, 0.05) is 26.1 Å². The Morgan fingerprint density at radius 2 is 2.00 bits per heavy atom. The van der Waals surface area contributed by atoms with Crippen LogP contribution in [0.5, 0.6) is 0 Å². The Balaban J connectivity index is 2.21. The van der Waals surface area contributed by atoms with Gasteiger partial charge in [0.1, 0.15) is 0 Å². The van der Waals surface area contributed by atoms with Crippen LogP contribution >= 0.6 is 0 Å². The van der Waals surface area contributed by atoms with E-state index in [4.69, 9.17) is 0 Å². The zero-order valence-electron chi connectivity index (χ0n) is 10.2. The molecule has 1 saturated carbocycles. The van der Waals surface area contributed by atoms with Crippen LogP contribution in [0.1, 0.15) is 46.0 Å². The Bertz CT molecular complexity index is 210. The third-order valence-corrected chi connectivity index (χ3v) is 3.46. The summed E-state index contributed by atoms with van der Waals surface area (Å²) in [6, 6.07) is 0.280. The number of carbonyl (C=O) groups excluding carboxylic acids is 1. The van der Waals surface area contributed by atoms with Crippen molar-refractivity contribution in [3.05, 3.63) is 0 Å². The second kappa shape index (κ2) is 5.50. The lowest BCUT2D eigenvalue weighted by Crippen LogP contribution is -2.38. The fourth-order valence-electron chi connectivity index (χ4n) is 2.28. The molecule has 1 amide bonds. The number of carbonyl (C=O) groups is 1. The summed E-state index contributed by atoms with van der Waals surface area (Å²) >= 11 is 0. The highest BCUT2D eigenvalue weighted by Gasteiger charge is 2.28. The van der Waals surface area contributed by atoms with Crippen molar-refractivity contribution in [3.63, 3.8) is 0 Å². The van der Waals surface area contributed by atoms with Crippen LogP contribution in [0.4, 0.5) is 0 Å². The maximum Gasteiger partial charge on any atom is 0.221 e. The average molecular weight is 212 g/mol. The Morgan fingerprint density at radius 3 is 2.53 bits per heavy atom. The molecule has 1 atom stereocenters. The lowest BCUT2D eigenvalue weighted by atomic mass is 9.88. The second-order valence-corrected chi connectivity index (χ2v) is 5.18. The third kappa shape index (κ3) is 4.20.